The summed E-state index contributed by atoms with van der Waals surface area (Å²) in [5.74, 6) is -4.79. The molecule has 0 saturated heterocycles. The van der Waals surface area contributed by atoms with Crippen molar-refractivity contribution in [3.8, 4) is 0 Å². The Bertz CT molecular complexity index is 452. The number of rotatable bonds is 18. The van der Waals surface area contributed by atoms with Crippen LogP contribution in [-0.4, -0.2) is 63.9 Å². The monoisotopic (exact) mass is 416 g/mol. The summed E-state index contributed by atoms with van der Waals surface area (Å²) >= 11 is 0. The van der Waals surface area contributed by atoms with Crippen LogP contribution >= 0.6 is 0 Å². The lowest BCUT2D eigenvalue weighted by Gasteiger charge is -2.42. The number of nitrogens with zero attached hydrogens (tertiary/aromatic N) is 1. The van der Waals surface area contributed by atoms with Gasteiger partial charge in [-0.2, -0.15) is 0 Å². The lowest BCUT2D eigenvalue weighted by molar-refractivity contribution is -0.934. The molecule has 3 unspecified atom stereocenters. The summed E-state index contributed by atoms with van der Waals surface area (Å²) in [6, 6.07) is 0. The van der Waals surface area contributed by atoms with Crippen LogP contribution in [0.25, 0.3) is 0 Å². The summed E-state index contributed by atoms with van der Waals surface area (Å²) in [5, 5.41) is 28.2. The number of carbonyl (C=O) groups is 3. The first kappa shape index (κ1) is 27.4. The second kappa shape index (κ2) is 14.4. The fourth-order valence-corrected chi connectivity index (χ4v) is 4.06. The van der Waals surface area contributed by atoms with Crippen molar-refractivity contribution >= 4 is 17.9 Å². The van der Waals surface area contributed by atoms with Crippen molar-refractivity contribution in [3.05, 3.63) is 0 Å². The van der Waals surface area contributed by atoms with Crippen LogP contribution in [0.2, 0.25) is 0 Å². The first-order valence-electron chi connectivity index (χ1n) is 11.1. The van der Waals surface area contributed by atoms with Crippen molar-refractivity contribution in [1.82, 2.24) is 0 Å². The maximum Gasteiger partial charge on any atom is 0.311 e. The molecule has 0 aliphatic rings. The third-order valence-corrected chi connectivity index (χ3v) is 5.73. The maximum absolute atomic E-state index is 11.5. The largest absolute Gasteiger partial charge is 0.481 e. The van der Waals surface area contributed by atoms with E-state index in [0.717, 1.165) is 19.3 Å². The molecule has 3 atom stereocenters. The molecule has 0 spiro atoms. The Hall–Kier alpha value is -1.63. The maximum atomic E-state index is 11.5. The zero-order chi connectivity index (χ0) is 22.4. The molecule has 0 aliphatic carbocycles. The highest BCUT2D eigenvalue weighted by Gasteiger charge is 2.38. The highest BCUT2D eigenvalue weighted by Crippen LogP contribution is 2.22. The highest BCUT2D eigenvalue weighted by molar-refractivity contribution is 5.70. The molecule has 0 rings (SSSR count). The third kappa shape index (κ3) is 11.8. The summed E-state index contributed by atoms with van der Waals surface area (Å²) < 4.78 is 0.226. The van der Waals surface area contributed by atoms with E-state index >= 15 is 0 Å². The minimum atomic E-state index is -0.936. The van der Waals surface area contributed by atoms with E-state index in [-0.39, 0.29) is 24.1 Å². The topological polar surface area (TPSA) is 112 Å². The minimum absolute atomic E-state index is 0.226. The van der Waals surface area contributed by atoms with Crippen LogP contribution in [0.3, 0.4) is 0 Å². The van der Waals surface area contributed by atoms with E-state index < -0.39 is 35.7 Å². The molecule has 0 aromatic rings. The van der Waals surface area contributed by atoms with Crippen LogP contribution in [0.15, 0.2) is 0 Å². The number of unbranched alkanes of at least 4 members (excludes halogenated alkanes) is 7. The van der Waals surface area contributed by atoms with Crippen LogP contribution in [-0.2, 0) is 14.4 Å². The van der Waals surface area contributed by atoms with Gasteiger partial charge in [0.1, 0.15) is 17.8 Å². The molecule has 170 valence electrons. The molecule has 0 heterocycles. The van der Waals surface area contributed by atoms with Crippen LogP contribution in [0, 0.1) is 17.8 Å². The second-order valence-electron chi connectivity index (χ2n) is 8.81. The molecule has 0 aliphatic heterocycles. The van der Waals surface area contributed by atoms with E-state index in [4.69, 9.17) is 0 Å². The summed E-state index contributed by atoms with van der Waals surface area (Å²) in [6.07, 6.45) is 9.05. The Balaban J connectivity index is 5.18. The van der Waals surface area contributed by atoms with Gasteiger partial charge in [0.25, 0.3) is 0 Å². The molecule has 0 saturated carbocycles. The first-order valence-corrected chi connectivity index (χ1v) is 11.1. The minimum Gasteiger partial charge on any atom is -0.481 e. The molecular weight excluding hydrogens is 374 g/mol. The highest BCUT2D eigenvalue weighted by atomic mass is 16.4. The smallest absolute Gasteiger partial charge is 0.311 e. The molecule has 7 heteroatoms. The van der Waals surface area contributed by atoms with Gasteiger partial charge in [0.2, 0.25) is 0 Å². The first-order chi connectivity index (χ1) is 13.5. The van der Waals surface area contributed by atoms with Gasteiger partial charge in [-0.1, -0.05) is 45.4 Å². The fraction of sp³-hybridized carbons (Fsp3) is 0.864. The molecule has 0 aromatic carbocycles. The van der Waals surface area contributed by atoms with Gasteiger partial charge in [-0.25, -0.2) is 0 Å². The Morgan fingerprint density at radius 1 is 0.621 bits per heavy atom. The van der Waals surface area contributed by atoms with E-state index in [1.165, 1.54) is 32.1 Å². The Morgan fingerprint density at radius 2 is 0.931 bits per heavy atom. The molecular formula is C22H42NO6+. The van der Waals surface area contributed by atoms with E-state index in [0.29, 0.717) is 6.54 Å². The molecule has 0 radical (unpaired) electrons. The molecule has 0 fully saturated rings. The zero-order valence-corrected chi connectivity index (χ0v) is 18.7. The number of carboxylic acid groups (broad SMARTS) is 3. The summed E-state index contributed by atoms with van der Waals surface area (Å²) in [6.45, 7) is 8.39. The van der Waals surface area contributed by atoms with Gasteiger partial charge >= 0.3 is 17.9 Å². The van der Waals surface area contributed by atoms with Gasteiger partial charge in [0, 0.05) is 0 Å². The Morgan fingerprint density at radius 3 is 1.24 bits per heavy atom. The van der Waals surface area contributed by atoms with E-state index in [2.05, 4.69) is 6.92 Å². The summed E-state index contributed by atoms with van der Waals surface area (Å²) in [5.41, 5.74) is 0. The fourth-order valence-electron chi connectivity index (χ4n) is 4.06. The van der Waals surface area contributed by atoms with Gasteiger partial charge in [0.05, 0.1) is 26.2 Å². The van der Waals surface area contributed by atoms with Gasteiger partial charge in [-0.15, -0.1) is 0 Å². The van der Waals surface area contributed by atoms with Gasteiger partial charge in [-0.3, -0.25) is 14.4 Å². The quantitative estimate of drug-likeness (QED) is 0.229. The standard InChI is InChI=1S/C22H41NO6/c1-5-6-7-8-9-10-11-12-13-23(14-17(2)20(24)25,15-18(3)21(26)27)16-19(4)22(28)29/h17-19H,5-16H2,1-4H3,(H2-,24,25,26,27,28,29)/p+1. The number of aliphatic carboxylic acids is 3. The van der Waals surface area contributed by atoms with E-state index in [1.807, 2.05) is 0 Å². The predicted molar refractivity (Wildman–Crippen MR) is 113 cm³/mol. The van der Waals surface area contributed by atoms with Crippen LogP contribution in [0.5, 0.6) is 0 Å². The average Bonchev–Trinajstić information content (AvgIpc) is 2.63. The molecule has 29 heavy (non-hydrogen) atoms. The second-order valence-corrected chi connectivity index (χ2v) is 8.81. The number of carboxylic acids is 3. The van der Waals surface area contributed by atoms with Crippen LogP contribution in [0.1, 0.15) is 79.1 Å². The average molecular weight is 417 g/mol. The molecule has 0 amide bonds. The van der Waals surface area contributed by atoms with Crippen molar-refractivity contribution in [1.29, 1.82) is 0 Å². The van der Waals surface area contributed by atoms with Crippen molar-refractivity contribution < 1.29 is 34.2 Å². The summed E-state index contributed by atoms with van der Waals surface area (Å²) in [4.78, 5) is 34.4. The number of hydrogen-bond donors (Lipinski definition) is 3. The van der Waals surface area contributed by atoms with Crippen molar-refractivity contribution in [3.63, 3.8) is 0 Å². The zero-order valence-electron chi connectivity index (χ0n) is 18.7. The lowest BCUT2D eigenvalue weighted by atomic mass is 10.0. The summed E-state index contributed by atoms with van der Waals surface area (Å²) in [7, 11) is 0. The van der Waals surface area contributed by atoms with E-state index in [1.54, 1.807) is 20.8 Å². The predicted octanol–water partition coefficient (Wildman–Crippen LogP) is 4.11. The van der Waals surface area contributed by atoms with Gasteiger partial charge in [-0.05, 0) is 33.6 Å². The lowest BCUT2D eigenvalue weighted by Crippen LogP contribution is -2.57. The number of quaternary nitrogens is 1. The number of hydrogen-bond acceptors (Lipinski definition) is 3. The molecule has 0 aromatic heterocycles. The van der Waals surface area contributed by atoms with Crippen molar-refractivity contribution in [2.45, 2.75) is 79.1 Å². The van der Waals surface area contributed by atoms with Crippen molar-refractivity contribution in [2.75, 3.05) is 26.2 Å². The van der Waals surface area contributed by atoms with Gasteiger partial charge in [0.15, 0.2) is 0 Å². The van der Waals surface area contributed by atoms with Crippen LogP contribution in [0.4, 0.5) is 0 Å². The van der Waals surface area contributed by atoms with Gasteiger partial charge < -0.3 is 19.8 Å². The Labute approximate surface area is 175 Å². The van der Waals surface area contributed by atoms with Crippen LogP contribution < -0.4 is 0 Å². The third-order valence-electron chi connectivity index (χ3n) is 5.73. The molecule has 0 bridgehead atoms. The van der Waals surface area contributed by atoms with E-state index in [9.17, 15) is 29.7 Å². The Kier molecular flexibility index (Phi) is 13.6. The normalized spacial score (nSPS) is 16.6. The van der Waals surface area contributed by atoms with Crippen molar-refractivity contribution in [2.24, 2.45) is 17.8 Å². The SMILES string of the molecule is CCCCCCCCCC[N+](CC(C)C(=O)O)(CC(C)C(=O)O)CC(C)C(=O)O. The molecule has 3 N–H and O–H groups in total. The molecule has 7 nitrogen and oxygen atoms in total.